The van der Waals surface area contributed by atoms with Crippen LogP contribution in [0.15, 0.2) is 48.5 Å². The number of aliphatic hydroxyl groups excluding tert-OH is 1. The van der Waals surface area contributed by atoms with E-state index in [1.165, 1.54) is 11.8 Å². The average Bonchev–Trinajstić information content (AvgIpc) is 2.75. The van der Waals surface area contributed by atoms with Gasteiger partial charge in [0, 0.05) is 28.1 Å². The van der Waals surface area contributed by atoms with Gasteiger partial charge in [0.2, 0.25) is 0 Å². The molecule has 174 valence electrons. The van der Waals surface area contributed by atoms with E-state index in [1.807, 2.05) is 18.2 Å². The van der Waals surface area contributed by atoms with Crippen molar-refractivity contribution >= 4 is 35.4 Å². The number of alkyl carbamates (subject to hydrolysis) is 1. The first-order valence-electron chi connectivity index (χ1n) is 10.2. The van der Waals surface area contributed by atoms with Gasteiger partial charge in [0.05, 0.1) is 12.5 Å². The molecule has 4 unspecified atom stereocenters. The molecule has 2 aromatic rings. The topological polar surface area (TPSA) is 122 Å². The van der Waals surface area contributed by atoms with Gasteiger partial charge in [-0.05, 0) is 31.0 Å². The predicted octanol–water partition coefficient (Wildman–Crippen LogP) is 4.28. The summed E-state index contributed by atoms with van der Waals surface area (Å²) in [7, 11) is 0. The summed E-state index contributed by atoms with van der Waals surface area (Å²) < 4.78 is 5.43. The van der Waals surface area contributed by atoms with E-state index in [4.69, 9.17) is 27.2 Å². The Labute approximate surface area is 197 Å². The molecule has 2 aromatic carbocycles. The summed E-state index contributed by atoms with van der Waals surface area (Å²) in [6.45, 7) is 3.41. The van der Waals surface area contributed by atoms with Gasteiger partial charge in [-0.25, -0.2) is 4.79 Å². The van der Waals surface area contributed by atoms with Crippen LogP contribution in [-0.4, -0.2) is 40.1 Å². The number of benzene rings is 2. The number of nitrogens with two attached hydrogens (primary N) is 1. The number of nitrogens with one attached hydrogen (secondary N) is 1. The molecule has 9 heteroatoms. The van der Waals surface area contributed by atoms with Crippen LogP contribution in [0.25, 0.3) is 0 Å². The van der Waals surface area contributed by atoms with E-state index in [2.05, 4.69) is 5.32 Å². The highest BCUT2D eigenvalue weighted by molar-refractivity contribution is 7.98. The molecule has 0 spiro atoms. The number of carboxylic acids is 1. The number of carboxylic acid groups (broad SMARTS) is 1. The number of carbonyl (C=O) groups is 2. The lowest BCUT2D eigenvalue weighted by Crippen LogP contribution is -2.50. The molecule has 1 amide bonds. The Morgan fingerprint density at radius 1 is 1.16 bits per heavy atom. The summed E-state index contributed by atoms with van der Waals surface area (Å²) in [4.78, 5) is 23.0. The molecule has 7 nitrogen and oxygen atoms in total. The highest BCUT2D eigenvalue weighted by atomic mass is 35.5. The van der Waals surface area contributed by atoms with Gasteiger partial charge in [0.1, 0.15) is 12.2 Å². The maximum Gasteiger partial charge on any atom is 0.408 e. The molecule has 0 heterocycles. The van der Waals surface area contributed by atoms with Crippen LogP contribution in [0, 0.1) is 0 Å². The van der Waals surface area contributed by atoms with E-state index in [1.54, 1.807) is 44.2 Å². The van der Waals surface area contributed by atoms with Crippen LogP contribution in [-0.2, 0) is 15.3 Å². The Kier molecular flexibility index (Phi) is 10.3. The molecule has 0 aliphatic rings. The number of hydrogen-bond acceptors (Lipinski definition) is 6. The minimum absolute atomic E-state index is 0.119. The van der Waals surface area contributed by atoms with Crippen molar-refractivity contribution in [1.29, 1.82) is 0 Å². The summed E-state index contributed by atoms with van der Waals surface area (Å²) in [6, 6.07) is 13.1. The number of carbonyl (C=O) groups excluding carboxylic acids is 1. The molecule has 0 fully saturated rings. The van der Waals surface area contributed by atoms with Crippen LogP contribution in [0.2, 0.25) is 5.02 Å². The summed E-state index contributed by atoms with van der Waals surface area (Å²) in [6.07, 6.45) is -2.20. The Hall–Kier alpha value is -2.26. The number of halogens is 1. The van der Waals surface area contributed by atoms with Gasteiger partial charge >= 0.3 is 12.1 Å². The average molecular weight is 481 g/mol. The molecule has 0 saturated carbocycles. The number of hydrogen-bond donors (Lipinski definition) is 4. The lowest BCUT2D eigenvalue weighted by Gasteiger charge is -2.28. The molecule has 0 bridgehead atoms. The number of rotatable bonds is 11. The van der Waals surface area contributed by atoms with Crippen molar-refractivity contribution in [3.05, 3.63) is 70.2 Å². The number of thioether (sulfide) groups is 1. The van der Waals surface area contributed by atoms with Gasteiger partial charge in [-0.3, -0.25) is 4.79 Å². The Morgan fingerprint density at radius 2 is 1.81 bits per heavy atom. The van der Waals surface area contributed by atoms with Crippen LogP contribution >= 0.6 is 23.4 Å². The minimum atomic E-state index is -1.04. The van der Waals surface area contributed by atoms with Gasteiger partial charge < -0.3 is 26.0 Å². The molecule has 0 aliphatic carbocycles. The fourth-order valence-corrected chi connectivity index (χ4v) is 4.25. The molecular formula is C23H29ClN2O5S. The van der Waals surface area contributed by atoms with Crippen LogP contribution in [0.5, 0.6) is 0 Å². The van der Waals surface area contributed by atoms with E-state index in [9.17, 15) is 14.7 Å². The minimum Gasteiger partial charge on any atom is -0.481 e. The van der Waals surface area contributed by atoms with Gasteiger partial charge in [-0.15, -0.1) is 0 Å². The fraction of sp³-hybridized carbons (Fsp3) is 0.391. The summed E-state index contributed by atoms with van der Waals surface area (Å²) >= 11 is 7.68. The van der Waals surface area contributed by atoms with Crippen molar-refractivity contribution in [1.82, 2.24) is 5.32 Å². The Morgan fingerprint density at radius 3 is 2.41 bits per heavy atom. The standard InChI is InChI=1S/C23H29ClN2O5S/c1-14(25)21(26-23(30)31-15(2)18-5-3-4-6-19(18)24)22(29)17-9-7-16(8-10-17)13-32-12-11-20(27)28/h3-10,14-15,21-22,29H,11-13,25H2,1-2H3,(H,26,30)(H,27,28). The molecule has 5 N–H and O–H groups in total. The highest BCUT2D eigenvalue weighted by Gasteiger charge is 2.28. The van der Waals surface area contributed by atoms with Crippen molar-refractivity contribution < 1.29 is 24.5 Å². The second-order valence-electron chi connectivity index (χ2n) is 7.48. The predicted molar refractivity (Wildman–Crippen MR) is 127 cm³/mol. The summed E-state index contributed by atoms with van der Waals surface area (Å²) in [5.74, 6) is 0.390. The summed E-state index contributed by atoms with van der Waals surface area (Å²) in [5.41, 5.74) is 8.31. The third-order valence-corrected chi connectivity index (χ3v) is 6.24. The monoisotopic (exact) mass is 480 g/mol. The normalized spacial score (nSPS) is 14.8. The molecule has 0 saturated heterocycles. The van der Waals surface area contributed by atoms with Gasteiger partial charge in [-0.1, -0.05) is 54.1 Å². The molecule has 4 atom stereocenters. The Balaban J connectivity index is 1.96. The van der Waals surface area contributed by atoms with Crippen LogP contribution in [0.4, 0.5) is 4.79 Å². The maximum absolute atomic E-state index is 12.4. The smallest absolute Gasteiger partial charge is 0.408 e. The lowest BCUT2D eigenvalue weighted by molar-refractivity contribution is -0.136. The molecule has 0 radical (unpaired) electrons. The fourth-order valence-electron chi connectivity index (χ4n) is 3.06. The second kappa shape index (κ2) is 12.7. The third kappa shape index (κ3) is 8.02. The molecular weight excluding hydrogens is 452 g/mol. The SMILES string of the molecule is CC(OC(=O)NC(C(C)N)C(O)c1ccc(CSCCC(=O)O)cc1)c1ccccc1Cl. The van der Waals surface area contributed by atoms with E-state index in [0.29, 0.717) is 27.7 Å². The zero-order valence-electron chi connectivity index (χ0n) is 18.0. The van der Waals surface area contributed by atoms with Crippen LogP contribution in [0.1, 0.15) is 49.2 Å². The van der Waals surface area contributed by atoms with E-state index in [0.717, 1.165) is 5.56 Å². The first-order chi connectivity index (χ1) is 15.2. The number of amides is 1. The van der Waals surface area contributed by atoms with Crippen molar-refractivity contribution in [2.75, 3.05) is 5.75 Å². The number of aliphatic hydroxyl groups is 1. The van der Waals surface area contributed by atoms with Crippen LogP contribution < -0.4 is 11.1 Å². The maximum atomic E-state index is 12.4. The highest BCUT2D eigenvalue weighted by Crippen LogP contribution is 2.26. The van der Waals surface area contributed by atoms with Gasteiger partial charge in [0.15, 0.2) is 0 Å². The lowest BCUT2D eigenvalue weighted by atomic mass is 9.97. The first-order valence-corrected chi connectivity index (χ1v) is 11.8. The molecule has 32 heavy (non-hydrogen) atoms. The van der Waals surface area contributed by atoms with Crippen molar-refractivity contribution in [3.63, 3.8) is 0 Å². The zero-order valence-corrected chi connectivity index (χ0v) is 19.6. The molecule has 2 rings (SSSR count). The summed E-state index contributed by atoms with van der Waals surface area (Å²) in [5, 5.41) is 22.7. The van der Waals surface area contributed by atoms with Gasteiger partial charge in [0.25, 0.3) is 0 Å². The van der Waals surface area contributed by atoms with Crippen molar-refractivity contribution in [2.45, 2.75) is 50.3 Å². The van der Waals surface area contributed by atoms with Crippen molar-refractivity contribution in [3.8, 4) is 0 Å². The van der Waals surface area contributed by atoms with Gasteiger partial charge in [-0.2, -0.15) is 11.8 Å². The quantitative estimate of drug-likeness (QED) is 0.354. The zero-order chi connectivity index (χ0) is 23.7. The number of aliphatic carboxylic acids is 1. The first kappa shape index (κ1) is 26.0. The third-order valence-electron chi connectivity index (χ3n) is 4.87. The molecule has 0 aliphatic heterocycles. The van der Waals surface area contributed by atoms with Crippen molar-refractivity contribution in [2.24, 2.45) is 5.73 Å². The van der Waals surface area contributed by atoms with E-state index < -0.39 is 36.4 Å². The van der Waals surface area contributed by atoms with Crippen LogP contribution in [0.3, 0.4) is 0 Å². The Bertz CT molecular complexity index is 894. The second-order valence-corrected chi connectivity index (χ2v) is 8.99. The molecule has 0 aromatic heterocycles. The number of ether oxygens (including phenoxy) is 1. The van der Waals surface area contributed by atoms with E-state index >= 15 is 0 Å². The largest absolute Gasteiger partial charge is 0.481 e. The van der Waals surface area contributed by atoms with E-state index in [-0.39, 0.29) is 6.42 Å².